The van der Waals surface area contributed by atoms with E-state index in [0.717, 1.165) is 44.0 Å². The Hall–Kier alpha value is -1.32. The number of carbonyl (C=O) groups excluding carboxylic acids is 1. The van der Waals surface area contributed by atoms with Gasteiger partial charge in [0, 0.05) is 25.8 Å². The number of nitrogens with zero attached hydrogens (tertiary/aromatic N) is 3. The van der Waals surface area contributed by atoms with Crippen molar-refractivity contribution in [1.29, 1.82) is 0 Å². The van der Waals surface area contributed by atoms with Gasteiger partial charge in [-0.25, -0.2) is 0 Å². The van der Waals surface area contributed by atoms with Crippen molar-refractivity contribution in [2.45, 2.75) is 33.2 Å². The molecule has 1 aliphatic heterocycles. The van der Waals surface area contributed by atoms with Crippen LogP contribution < -0.4 is 0 Å². The topological polar surface area (TPSA) is 38.1 Å². The lowest BCUT2D eigenvalue weighted by molar-refractivity contribution is 0.0697. The van der Waals surface area contributed by atoms with Gasteiger partial charge in [0.1, 0.15) is 0 Å². The molecule has 0 spiro atoms. The summed E-state index contributed by atoms with van der Waals surface area (Å²) in [6.07, 6.45) is 5.74. The molecule has 0 atom stereocenters. The molecule has 1 aromatic rings. The standard InChI is InChI=1S/C12H19N3O/c1-3-15-9-11(8-13-15)12(16)14-6-4-10(2)5-7-14/h8-10H,3-7H2,1-2H3. The largest absolute Gasteiger partial charge is 0.339 e. The van der Waals surface area contributed by atoms with E-state index in [4.69, 9.17) is 0 Å². The van der Waals surface area contributed by atoms with Gasteiger partial charge < -0.3 is 4.90 Å². The van der Waals surface area contributed by atoms with E-state index in [9.17, 15) is 4.79 Å². The molecule has 2 rings (SSSR count). The number of rotatable bonds is 2. The van der Waals surface area contributed by atoms with E-state index in [1.807, 2.05) is 18.0 Å². The molecule has 0 N–H and O–H groups in total. The monoisotopic (exact) mass is 221 g/mol. The Bertz CT molecular complexity index is 364. The van der Waals surface area contributed by atoms with Crippen LogP contribution in [0.15, 0.2) is 12.4 Å². The van der Waals surface area contributed by atoms with E-state index in [2.05, 4.69) is 12.0 Å². The summed E-state index contributed by atoms with van der Waals surface area (Å²) in [4.78, 5) is 14.0. The zero-order valence-corrected chi connectivity index (χ0v) is 10.0. The molecule has 1 amide bonds. The van der Waals surface area contributed by atoms with Gasteiger partial charge in [0.15, 0.2) is 0 Å². The van der Waals surface area contributed by atoms with Crippen LogP contribution in [0.5, 0.6) is 0 Å². The SMILES string of the molecule is CCn1cc(C(=O)N2CCC(C)CC2)cn1. The average Bonchev–Trinajstić information content (AvgIpc) is 2.77. The van der Waals surface area contributed by atoms with Crippen molar-refractivity contribution in [3.05, 3.63) is 18.0 Å². The molecule has 0 aromatic carbocycles. The van der Waals surface area contributed by atoms with Crippen molar-refractivity contribution in [1.82, 2.24) is 14.7 Å². The number of carbonyl (C=O) groups is 1. The van der Waals surface area contributed by atoms with Gasteiger partial charge in [0.05, 0.1) is 11.8 Å². The first-order chi connectivity index (χ1) is 7.70. The molecule has 1 fully saturated rings. The zero-order valence-electron chi connectivity index (χ0n) is 10.0. The number of hydrogen-bond acceptors (Lipinski definition) is 2. The minimum atomic E-state index is 0.131. The maximum Gasteiger partial charge on any atom is 0.257 e. The van der Waals surface area contributed by atoms with Crippen LogP contribution in [-0.4, -0.2) is 33.7 Å². The summed E-state index contributed by atoms with van der Waals surface area (Å²) in [5.74, 6) is 0.883. The maximum absolute atomic E-state index is 12.1. The van der Waals surface area contributed by atoms with E-state index in [1.54, 1.807) is 10.9 Å². The third kappa shape index (κ3) is 2.26. The van der Waals surface area contributed by atoms with E-state index in [0.29, 0.717) is 0 Å². The third-order valence-corrected chi connectivity index (χ3v) is 3.28. The number of hydrogen-bond donors (Lipinski definition) is 0. The highest BCUT2D eigenvalue weighted by Crippen LogP contribution is 2.17. The van der Waals surface area contributed by atoms with E-state index in [-0.39, 0.29) is 5.91 Å². The van der Waals surface area contributed by atoms with Gasteiger partial charge in [0.25, 0.3) is 5.91 Å². The normalized spacial score (nSPS) is 17.8. The molecule has 0 saturated carbocycles. The summed E-state index contributed by atoms with van der Waals surface area (Å²) in [6, 6.07) is 0. The predicted octanol–water partition coefficient (Wildman–Crippen LogP) is 1.78. The first-order valence-electron chi connectivity index (χ1n) is 6.02. The molecule has 0 radical (unpaired) electrons. The molecule has 88 valence electrons. The maximum atomic E-state index is 12.1. The van der Waals surface area contributed by atoms with Crippen molar-refractivity contribution in [3.8, 4) is 0 Å². The molecule has 16 heavy (non-hydrogen) atoms. The van der Waals surface area contributed by atoms with Crippen molar-refractivity contribution >= 4 is 5.91 Å². The summed E-state index contributed by atoms with van der Waals surface area (Å²) in [7, 11) is 0. The number of aromatic nitrogens is 2. The number of amides is 1. The molecule has 1 aliphatic rings. The summed E-state index contributed by atoms with van der Waals surface area (Å²) >= 11 is 0. The Morgan fingerprint density at radius 1 is 1.50 bits per heavy atom. The Kier molecular flexibility index (Phi) is 3.27. The van der Waals surface area contributed by atoms with E-state index < -0.39 is 0 Å². The van der Waals surface area contributed by atoms with Crippen molar-refractivity contribution in [2.75, 3.05) is 13.1 Å². The summed E-state index contributed by atoms with van der Waals surface area (Å²) in [5, 5.41) is 4.13. The second-order valence-electron chi connectivity index (χ2n) is 4.56. The van der Waals surface area contributed by atoms with Gasteiger partial charge in [-0.3, -0.25) is 9.48 Å². The average molecular weight is 221 g/mol. The minimum Gasteiger partial charge on any atom is -0.339 e. The van der Waals surface area contributed by atoms with Gasteiger partial charge in [-0.2, -0.15) is 5.10 Å². The van der Waals surface area contributed by atoms with Crippen LogP contribution in [-0.2, 0) is 6.54 Å². The zero-order chi connectivity index (χ0) is 11.5. The molecule has 0 bridgehead atoms. The molecular formula is C12H19N3O. The number of piperidine rings is 1. The van der Waals surface area contributed by atoms with Crippen molar-refractivity contribution in [2.24, 2.45) is 5.92 Å². The molecule has 2 heterocycles. The van der Waals surface area contributed by atoms with Crippen LogP contribution in [0.1, 0.15) is 37.0 Å². The summed E-state index contributed by atoms with van der Waals surface area (Å²) in [6.45, 7) is 6.85. The fraction of sp³-hybridized carbons (Fsp3) is 0.667. The molecule has 4 heteroatoms. The second kappa shape index (κ2) is 4.68. The Labute approximate surface area is 96.2 Å². The first-order valence-corrected chi connectivity index (χ1v) is 6.02. The predicted molar refractivity (Wildman–Crippen MR) is 62.2 cm³/mol. The van der Waals surface area contributed by atoms with Crippen LogP contribution >= 0.6 is 0 Å². The third-order valence-electron chi connectivity index (χ3n) is 3.28. The fourth-order valence-corrected chi connectivity index (χ4v) is 2.04. The number of likely N-dealkylation sites (tertiary alicyclic amines) is 1. The highest BCUT2D eigenvalue weighted by molar-refractivity contribution is 5.93. The van der Waals surface area contributed by atoms with Crippen LogP contribution in [0.2, 0.25) is 0 Å². The van der Waals surface area contributed by atoms with E-state index in [1.165, 1.54) is 0 Å². The highest BCUT2D eigenvalue weighted by Gasteiger charge is 2.22. The van der Waals surface area contributed by atoms with Crippen LogP contribution in [0.25, 0.3) is 0 Å². The van der Waals surface area contributed by atoms with Gasteiger partial charge in [-0.1, -0.05) is 6.92 Å². The highest BCUT2D eigenvalue weighted by atomic mass is 16.2. The van der Waals surface area contributed by atoms with Gasteiger partial charge in [-0.05, 0) is 25.7 Å². The Balaban J connectivity index is 2.01. The van der Waals surface area contributed by atoms with Crippen LogP contribution in [0.4, 0.5) is 0 Å². The second-order valence-corrected chi connectivity index (χ2v) is 4.56. The smallest absolute Gasteiger partial charge is 0.257 e. The Morgan fingerprint density at radius 3 is 2.75 bits per heavy atom. The lowest BCUT2D eigenvalue weighted by atomic mass is 9.99. The fourth-order valence-electron chi connectivity index (χ4n) is 2.04. The van der Waals surface area contributed by atoms with Gasteiger partial charge in [-0.15, -0.1) is 0 Å². The number of aryl methyl sites for hydroxylation is 1. The molecule has 0 aliphatic carbocycles. The van der Waals surface area contributed by atoms with Crippen LogP contribution in [0.3, 0.4) is 0 Å². The van der Waals surface area contributed by atoms with E-state index >= 15 is 0 Å². The van der Waals surface area contributed by atoms with Crippen molar-refractivity contribution < 1.29 is 4.79 Å². The van der Waals surface area contributed by atoms with Gasteiger partial charge >= 0.3 is 0 Å². The quantitative estimate of drug-likeness (QED) is 0.763. The summed E-state index contributed by atoms with van der Waals surface area (Å²) in [5.41, 5.74) is 0.719. The Morgan fingerprint density at radius 2 is 2.19 bits per heavy atom. The molecular weight excluding hydrogens is 202 g/mol. The molecule has 4 nitrogen and oxygen atoms in total. The lowest BCUT2D eigenvalue weighted by Crippen LogP contribution is -2.37. The first kappa shape index (κ1) is 11.2. The molecule has 0 unspecified atom stereocenters. The van der Waals surface area contributed by atoms with Gasteiger partial charge in [0.2, 0.25) is 0 Å². The summed E-state index contributed by atoms with van der Waals surface area (Å²) < 4.78 is 1.79. The van der Waals surface area contributed by atoms with Crippen LogP contribution in [0, 0.1) is 5.92 Å². The lowest BCUT2D eigenvalue weighted by Gasteiger charge is -2.29. The van der Waals surface area contributed by atoms with Crippen molar-refractivity contribution in [3.63, 3.8) is 0 Å². The molecule has 1 saturated heterocycles. The molecule has 1 aromatic heterocycles. The minimum absolute atomic E-state index is 0.131.